The molecule has 3 aliphatic heterocycles. The number of carbonyl (C=O) groups excluding carboxylic acids is 3. The van der Waals surface area contributed by atoms with Crippen molar-refractivity contribution < 1.29 is 37.0 Å². The van der Waals surface area contributed by atoms with Gasteiger partial charge < -0.3 is 24.6 Å². The van der Waals surface area contributed by atoms with E-state index in [2.05, 4.69) is 36.2 Å². The number of anilines is 2. The predicted octanol–water partition coefficient (Wildman–Crippen LogP) is 6.34. The van der Waals surface area contributed by atoms with Gasteiger partial charge in [0.15, 0.2) is 0 Å². The number of para-hydroxylation sites is 1. The van der Waals surface area contributed by atoms with E-state index in [0.717, 1.165) is 112 Å². The molecule has 0 bridgehead atoms. The van der Waals surface area contributed by atoms with Gasteiger partial charge in [0.2, 0.25) is 11.8 Å². The Kier molecular flexibility index (Phi) is 11.0. The molecule has 1 aliphatic carbocycles. The number of ether oxygens (including phenoxy) is 2. The molecule has 18 heteroatoms. The van der Waals surface area contributed by atoms with Gasteiger partial charge in [0.25, 0.3) is 5.91 Å². The molecule has 1 spiro atoms. The second-order valence-electron chi connectivity index (χ2n) is 17.4. The topological polar surface area (TPSA) is 158 Å². The highest BCUT2D eigenvalue weighted by Gasteiger charge is 2.39. The summed E-state index contributed by atoms with van der Waals surface area (Å²) in [4.78, 5) is 59.8. The van der Waals surface area contributed by atoms with Gasteiger partial charge in [0.1, 0.15) is 17.5 Å². The molecule has 9 rings (SSSR count). The van der Waals surface area contributed by atoms with Gasteiger partial charge in [-0.3, -0.25) is 38.5 Å². The first-order valence-electron chi connectivity index (χ1n) is 21.4. The fraction of sp³-hybridized carbons (Fsp3) is 0.500. The van der Waals surface area contributed by atoms with Crippen LogP contribution in [0.5, 0.6) is 11.5 Å². The molecule has 2 aromatic carbocycles. The third kappa shape index (κ3) is 8.23. The number of benzene rings is 2. The van der Waals surface area contributed by atoms with E-state index in [1.165, 1.54) is 20.0 Å². The second-order valence-corrected chi connectivity index (χ2v) is 17.4. The molecule has 62 heavy (non-hydrogen) atoms. The molecule has 15 nitrogen and oxygen atoms in total. The summed E-state index contributed by atoms with van der Waals surface area (Å²) < 4.78 is 52.8. The van der Waals surface area contributed by atoms with E-state index in [9.17, 15) is 32.3 Å². The molecular weight excluding hydrogens is 808 g/mol. The highest BCUT2D eigenvalue weighted by atomic mass is 19.4. The lowest BCUT2D eigenvalue weighted by molar-refractivity contribution is -0.274. The van der Waals surface area contributed by atoms with Gasteiger partial charge in [-0.1, -0.05) is 6.07 Å². The number of nitrogens with one attached hydrogen (secondary N) is 2. The zero-order chi connectivity index (χ0) is 43.3. The molecular formula is C44H50F3N9O6. The van der Waals surface area contributed by atoms with Crippen molar-refractivity contribution in [2.24, 2.45) is 18.4 Å². The van der Waals surface area contributed by atoms with E-state index in [1.54, 1.807) is 28.3 Å². The van der Waals surface area contributed by atoms with Gasteiger partial charge in [-0.05, 0) is 106 Å². The van der Waals surface area contributed by atoms with Crippen molar-refractivity contribution in [2.45, 2.75) is 82.7 Å². The van der Waals surface area contributed by atoms with Crippen molar-refractivity contribution in [3.63, 3.8) is 0 Å². The summed E-state index contributed by atoms with van der Waals surface area (Å²) in [7, 11) is 3.24. The first-order chi connectivity index (χ1) is 29.8. The smallest absolute Gasteiger partial charge is 0.494 e. The number of methoxy groups -OCH3 is 1. The number of likely N-dealkylation sites (tertiary alicyclic amines) is 1. The number of imidazole rings is 1. The first kappa shape index (κ1) is 41.4. The second kappa shape index (κ2) is 16.4. The summed E-state index contributed by atoms with van der Waals surface area (Å²) in [6, 6.07) is 9.93. The number of hydrogen-bond acceptors (Lipinski definition) is 10. The molecule has 4 aliphatic rings. The van der Waals surface area contributed by atoms with Crippen LogP contribution in [0.2, 0.25) is 0 Å². The number of piperidine rings is 3. The van der Waals surface area contributed by atoms with Gasteiger partial charge in [0.05, 0.1) is 52.8 Å². The zero-order valence-corrected chi connectivity index (χ0v) is 34.7. The molecule has 6 heterocycles. The lowest BCUT2D eigenvalue weighted by Gasteiger charge is -2.48. The lowest BCUT2D eigenvalue weighted by Crippen LogP contribution is -2.48. The van der Waals surface area contributed by atoms with Crippen LogP contribution in [0.1, 0.15) is 86.6 Å². The Balaban J connectivity index is 0.771. The predicted molar refractivity (Wildman–Crippen MR) is 224 cm³/mol. The number of hydrogen-bond donors (Lipinski definition) is 2. The largest absolute Gasteiger partial charge is 0.573 e. The van der Waals surface area contributed by atoms with Crippen molar-refractivity contribution in [3.8, 4) is 11.5 Å². The molecule has 4 fully saturated rings. The van der Waals surface area contributed by atoms with Crippen LogP contribution in [0.25, 0.3) is 21.9 Å². The number of aromatic nitrogens is 5. The fourth-order valence-electron chi connectivity index (χ4n) is 10.2. The Morgan fingerprint density at radius 2 is 1.71 bits per heavy atom. The molecule has 328 valence electrons. The molecule has 5 aromatic rings. The Hall–Kier alpha value is -5.91. The maximum Gasteiger partial charge on any atom is 0.573 e. The van der Waals surface area contributed by atoms with Gasteiger partial charge >= 0.3 is 12.1 Å². The van der Waals surface area contributed by atoms with Crippen LogP contribution in [-0.2, 0) is 16.6 Å². The Morgan fingerprint density at radius 1 is 0.968 bits per heavy atom. The zero-order valence-electron chi connectivity index (χ0n) is 34.7. The lowest BCUT2D eigenvalue weighted by atomic mass is 9.71. The number of aryl methyl sites for hydroxylation is 1. The van der Waals surface area contributed by atoms with Gasteiger partial charge in [0, 0.05) is 56.9 Å². The quantitative estimate of drug-likeness (QED) is 0.161. The molecule has 1 atom stereocenters. The number of rotatable bonds is 9. The number of carbonyl (C=O) groups is 3. The number of imide groups is 1. The molecule has 3 saturated heterocycles. The summed E-state index contributed by atoms with van der Waals surface area (Å²) in [6.07, 6.45) is 8.38. The maximum absolute atomic E-state index is 13.5. The van der Waals surface area contributed by atoms with E-state index in [0.29, 0.717) is 34.7 Å². The summed E-state index contributed by atoms with van der Waals surface area (Å²) in [5.74, 6) is -1.00. The number of amides is 3. The number of pyridine rings is 1. The maximum atomic E-state index is 13.5. The van der Waals surface area contributed by atoms with Crippen molar-refractivity contribution in [2.75, 3.05) is 50.1 Å². The number of fused-ring (bicyclic) bond motifs is 2. The van der Waals surface area contributed by atoms with E-state index in [1.807, 2.05) is 23.0 Å². The van der Waals surface area contributed by atoms with Gasteiger partial charge in [-0.15, -0.1) is 13.2 Å². The summed E-state index contributed by atoms with van der Waals surface area (Å²) in [5.41, 5.74) is 3.58. The molecule has 3 aromatic heterocycles. The molecule has 1 unspecified atom stereocenters. The molecule has 2 N–H and O–H groups in total. The third-order valence-electron chi connectivity index (χ3n) is 13.7. The minimum Gasteiger partial charge on any atom is -0.494 e. The van der Waals surface area contributed by atoms with Crippen LogP contribution in [0.3, 0.4) is 0 Å². The SMILES string of the molecule is COc1cc2nn([C@H]3CC[C@H](CN4CCC5(CC4)CCN(c4cccc6c4n(C)c(=O)n6C4CCC(=O)NC4=O)CC5)CC3)cc2cc1NC(=O)c1cncc(OC(F)(F)F)c1. The minimum absolute atomic E-state index is 0.102. The van der Waals surface area contributed by atoms with Crippen LogP contribution in [0, 0.1) is 11.3 Å². The van der Waals surface area contributed by atoms with Crippen LogP contribution in [0.4, 0.5) is 24.5 Å². The van der Waals surface area contributed by atoms with E-state index in [-0.39, 0.29) is 29.6 Å². The molecule has 3 amide bonds. The van der Waals surface area contributed by atoms with Crippen LogP contribution in [-0.4, -0.2) is 92.7 Å². The van der Waals surface area contributed by atoms with Crippen LogP contribution < -0.4 is 30.7 Å². The van der Waals surface area contributed by atoms with Crippen molar-refractivity contribution in [1.82, 2.24) is 34.1 Å². The van der Waals surface area contributed by atoms with E-state index < -0.39 is 30.0 Å². The number of alkyl halides is 3. The van der Waals surface area contributed by atoms with Crippen molar-refractivity contribution in [3.05, 3.63) is 71.0 Å². The van der Waals surface area contributed by atoms with Crippen molar-refractivity contribution >= 4 is 51.0 Å². The minimum atomic E-state index is -4.91. The number of halogens is 3. The first-order valence-corrected chi connectivity index (χ1v) is 21.4. The van der Waals surface area contributed by atoms with E-state index in [4.69, 9.17) is 9.84 Å². The standard InChI is InChI=1S/C44H50F3N9O6/c1-52-39-34(4-3-5-35(39)56(42(52)60)36-10-11-38(57)50-41(36)59)54-18-14-43(15-19-54)12-16-53(17-13-43)25-27-6-8-30(9-7-27)55-26-29-21-33(37(61-2)22-32(29)51-55)49-40(58)28-20-31(24-48-23-28)62-44(45,46)47/h3-5,20-24,26-27,30,36H,6-19,25H2,1-2H3,(H,49,58)(H,50,57,59)/t27-,30-,36?. The van der Waals surface area contributed by atoms with Crippen LogP contribution >= 0.6 is 0 Å². The van der Waals surface area contributed by atoms with Gasteiger partial charge in [-0.2, -0.15) is 5.10 Å². The highest BCUT2D eigenvalue weighted by Crippen LogP contribution is 2.44. The molecule has 1 saturated carbocycles. The average Bonchev–Trinajstić information content (AvgIpc) is 3.78. The third-order valence-corrected chi connectivity index (χ3v) is 13.7. The van der Waals surface area contributed by atoms with Crippen molar-refractivity contribution in [1.29, 1.82) is 0 Å². The fourth-order valence-corrected chi connectivity index (χ4v) is 10.2. The van der Waals surface area contributed by atoms with Gasteiger partial charge in [-0.25, -0.2) is 4.79 Å². The normalized spacial score (nSPS) is 22.3. The number of nitrogens with zero attached hydrogens (tertiary/aromatic N) is 7. The summed E-state index contributed by atoms with van der Waals surface area (Å²) in [5, 5.41) is 10.8. The highest BCUT2D eigenvalue weighted by molar-refractivity contribution is 6.06. The van der Waals surface area contributed by atoms with Crippen LogP contribution in [0.15, 0.2) is 59.8 Å². The summed E-state index contributed by atoms with van der Waals surface area (Å²) >= 11 is 0. The Labute approximate surface area is 355 Å². The monoisotopic (exact) mass is 857 g/mol. The Bertz CT molecular complexity index is 2580. The summed E-state index contributed by atoms with van der Waals surface area (Å²) in [6.45, 7) is 5.09. The molecule has 0 radical (unpaired) electrons. The average molecular weight is 858 g/mol. The van der Waals surface area contributed by atoms with E-state index >= 15 is 0 Å². The Morgan fingerprint density at radius 3 is 2.42 bits per heavy atom.